The molecule has 1 aliphatic rings. The van der Waals surface area contributed by atoms with E-state index in [1.165, 1.54) is 24.2 Å². The van der Waals surface area contributed by atoms with E-state index in [1.807, 2.05) is 30.5 Å². The minimum atomic E-state index is -0.154. The number of nitrogens with zero attached hydrogens (tertiary/aromatic N) is 2. The lowest BCUT2D eigenvalue weighted by Crippen LogP contribution is -2.32. The first-order chi connectivity index (χ1) is 13.5. The summed E-state index contributed by atoms with van der Waals surface area (Å²) < 4.78 is 0. The standard InChI is InChI=1S/C21H28N4O2S/c1-15-8-11-25(12-9-15)13-17-14-28-21(23-17)24-19(26)7-10-22-20(27)18-6-4-3-5-16(18)2/h3-6,14-15H,7-13H2,1-2H3,(H,22,27)(H,23,24,26). The van der Waals surface area contributed by atoms with Gasteiger partial charge in [-0.15, -0.1) is 11.3 Å². The zero-order valence-electron chi connectivity index (χ0n) is 16.5. The Morgan fingerprint density at radius 3 is 2.75 bits per heavy atom. The van der Waals surface area contributed by atoms with Gasteiger partial charge in [0, 0.05) is 30.5 Å². The Labute approximate surface area is 170 Å². The van der Waals surface area contributed by atoms with Crippen molar-refractivity contribution in [3.05, 3.63) is 46.5 Å². The van der Waals surface area contributed by atoms with Crippen LogP contribution in [0.1, 0.15) is 47.8 Å². The van der Waals surface area contributed by atoms with Gasteiger partial charge in [0.15, 0.2) is 5.13 Å². The summed E-state index contributed by atoms with van der Waals surface area (Å²) in [4.78, 5) is 31.2. The molecule has 7 heteroatoms. The number of hydrogen-bond donors (Lipinski definition) is 2. The topological polar surface area (TPSA) is 74.3 Å². The number of anilines is 1. The van der Waals surface area contributed by atoms with Gasteiger partial charge in [0.2, 0.25) is 5.91 Å². The van der Waals surface area contributed by atoms with E-state index in [0.717, 1.165) is 36.8 Å². The molecule has 0 spiro atoms. The number of thiazole rings is 1. The van der Waals surface area contributed by atoms with Gasteiger partial charge in [0.25, 0.3) is 5.91 Å². The van der Waals surface area contributed by atoms with Gasteiger partial charge in [-0.1, -0.05) is 25.1 Å². The highest BCUT2D eigenvalue weighted by Crippen LogP contribution is 2.21. The molecular weight excluding hydrogens is 372 g/mol. The second kappa shape index (κ2) is 9.80. The average Bonchev–Trinajstić information content (AvgIpc) is 3.10. The van der Waals surface area contributed by atoms with E-state index in [0.29, 0.717) is 17.2 Å². The molecule has 2 heterocycles. The third kappa shape index (κ3) is 5.87. The number of amides is 2. The monoisotopic (exact) mass is 400 g/mol. The number of aryl methyl sites for hydroxylation is 1. The second-order valence-corrected chi connectivity index (χ2v) is 8.33. The highest BCUT2D eigenvalue weighted by Gasteiger charge is 2.17. The van der Waals surface area contributed by atoms with Gasteiger partial charge in [0.1, 0.15) is 0 Å². The van der Waals surface area contributed by atoms with Gasteiger partial charge < -0.3 is 10.6 Å². The van der Waals surface area contributed by atoms with Crippen LogP contribution in [0.2, 0.25) is 0 Å². The number of piperidine rings is 1. The molecule has 2 N–H and O–H groups in total. The summed E-state index contributed by atoms with van der Waals surface area (Å²) in [6.07, 6.45) is 2.69. The summed E-state index contributed by atoms with van der Waals surface area (Å²) in [5.74, 6) is 0.517. The molecule has 0 radical (unpaired) electrons. The molecule has 2 amide bonds. The van der Waals surface area contributed by atoms with E-state index in [-0.39, 0.29) is 18.2 Å². The fourth-order valence-electron chi connectivity index (χ4n) is 3.28. The lowest BCUT2D eigenvalue weighted by molar-refractivity contribution is -0.116. The minimum absolute atomic E-state index is 0.141. The molecule has 1 saturated heterocycles. The van der Waals surface area contributed by atoms with Crippen molar-refractivity contribution in [1.29, 1.82) is 0 Å². The van der Waals surface area contributed by atoms with E-state index in [4.69, 9.17) is 0 Å². The first-order valence-corrected chi connectivity index (χ1v) is 10.7. The normalized spacial score (nSPS) is 15.4. The summed E-state index contributed by atoms with van der Waals surface area (Å²) in [6.45, 7) is 7.56. The lowest BCUT2D eigenvalue weighted by Gasteiger charge is -2.29. The van der Waals surface area contributed by atoms with E-state index in [2.05, 4.69) is 27.4 Å². The van der Waals surface area contributed by atoms with Crippen molar-refractivity contribution < 1.29 is 9.59 Å². The number of aromatic nitrogens is 1. The Bertz CT molecular complexity index is 812. The van der Waals surface area contributed by atoms with Crippen LogP contribution >= 0.6 is 11.3 Å². The second-order valence-electron chi connectivity index (χ2n) is 7.47. The quantitative estimate of drug-likeness (QED) is 0.747. The highest BCUT2D eigenvalue weighted by molar-refractivity contribution is 7.13. The average molecular weight is 401 g/mol. The molecule has 0 saturated carbocycles. The van der Waals surface area contributed by atoms with Gasteiger partial charge in [-0.3, -0.25) is 14.5 Å². The number of nitrogens with one attached hydrogen (secondary N) is 2. The van der Waals surface area contributed by atoms with Crippen LogP contribution in [0.5, 0.6) is 0 Å². The van der Waals surface area contributed by atoms with Crippen molar-refractivity contribution in [2.24, 2.45) is 5.92 Å². The number of benzene rings is 1. The van der Waals surface area contributed by atoms with Crippen LogP contribution in [0, 0.1) is 12.8 Å². The van der Waals surface area contributed by atoms with E-state index >= 15 is 0 Å². The van der Waals surface area contributed by atoms with Crippen molar-refractivity contribution in [2.45, 2.75) is 39.7 Å². The van der Waals surface area contributed by atoms with Crippen molar-refractivity contribution in [1.82, 2.24) is 15.2 Å². The van der Waals surface area contributed by atoms with Gasteiger partial charge in [-0.05, 0) is 50.4 Å². The minimum Gasteiger partial charge on any atom is -0.352 e. The SMILES string of the molecule is Cc1ccccc1C(=O)NCCC(=O)Nc1nc(CN2CCC(C)CC2)cs1. The Hall–Kier alpha value is -2.25. The largest absolute Gasteiger partial charge is 0.352 e. The molecule has 6 nitrogen and oxygen atoms in total. The summed E-state index contributed by atoms with van der Waals surface area (Å²) in [6, 6.07) is 7.41. The molecular formula is C21H28N4O2S. The van der Waals surface area contributed by atoms with Crippen molar-refractivity contribution in [3.8, 4) is 0 Å². The predicted molar refractivity (Wildman–Crippen MR) is 113 cm³/mol. The first-order valence-electron chi connectivity index (χ1n) is 9.81. The van der Waals surface area contributed by atoms with Crippen LogP contribution in [-0.4, -0.2) is 41.3 Å². The van der Waals surface area contributed by atoms with E-state index < -0.39 is 0 Å². The zero-order valence-corrected chi connectivity index (χ0v) is 17.3. The maximum absolute atomic E-state index is 12.2. The third-order valence-corrected chi connectivity index (χ3v) is 5.89. The van der Waals surface area contributed by atoms with Crippen LogP contribution in [0.25, 0.3) is 0 Å². The van der Waals surface area contributed by atoms with Gasteiger partial charge >= 0.3 is 0 Å². The van der Waals surface area contributed by atoms with Crippen LogP contribution in [-0.2, 0) is 11.3 Å². The van der Waals surface area contributed by atoms with Crippen LogP contribution in [0.3, 0.4) is 0 Å². The molecule has 1 aliphatic heterocycles. The highest BCUT2D eigenvalue weighted by atomic mass is 32.1. The molecule has 2 aromatic rings. The third-order valence-electron chi connectivity index (χ3n) is 5.09. The molecule has 0 bridgehead atoms. The van der Waals surface area contributed by atoms with Gasteiger partial charge in [0.05, 0.1) is 5.69 Å². The molecule has 28 heavy (non-hydrogen) atoms. The fourth-order valence-corrected chi connectivity index (χ4v) is 4.00. The number of likely N-dealkylation sites (tertiary alicyclic amines) is 1. The van der Waals surface area contributed by atoms with Crippen LogP contribution in [0.4, 0.5) is 5.13 Å². The van der Waals surface area contributed by atoms with Gasteiger partial charge in [-0.25, -0.2) is 4.98 Å². The molecule has 0 aliphatic carbocycles. The summed E-state index contributed by atoms with van der Waals surface area (Å²) in [5.41, 5.74) is 2.56. The summed E-state index contributed by atoms with van der Waals surface area (Å²) >= 11 is 1.45. The fraction of sp³-hybridized carbons (Fsp3) is 0.476. The molecule has 3 rings (SSSR count). The van der Waals surface area contributed by atoms with Crippen LogP contribution in [0.15, 0.2) is 29.6 Å². The maximum atomic E-state index is 12.2. The molecule has 1 aromatic heterocycles. The Morgan fingerprint density at radius 1 is 1.25 bits per heavy atom. The van der Waals surface area contributed by atoms with Crippen LogP contribution < -0.4 is 10.6 Å². The number of rotatable bonds is 7. The maximum Gasteiger partial charge on any atom is 0.251 e. The van der Waals surface area contributed by atoms with Crippen molar-refractivity contribution in [3.63, 3.8) is 0 Å². The number of hydrogen-bond acceptors (Lipinski definition) is 5. The van der Waals surface area contributed by atoms with Gasteiger partial charge in [-0.2, -0.15) is 0 Å². The lowest BCUT2D eigenvalue weighted by atomic mass is 9.99. The molecule has 150 valence electrons. The molecule has 0 atom stereocenters. The first kappa shape index (κ1) is 20.5. The number of carbonyl (C=O) groups excluding carboxylic acids is 2. The van der Waals surface area contributed by atoms with Crippen molar-refractivity contribution in [2.75, 3.05) is 25.0 Å². The Balaban J connectivity index is 1.40. The zero-order chi connectivity index (χ0) is 19.9. The molecule has 0 unspecified atom stereocenters. The summed E-state index contributed by atoms with van der Waals surface area (Å²) in [7, 11) is 0. The summed E-state index contributed by atoms with van der Waals surface area (Å²) in [5, 5.41) is 8.25. The van der Waals surface area contributed by atoms with E-state index in [1.54, 1.807) is 6.07 Å². The molecule has 1 aromatic carbocycles. The van der Waals surface area contributed by atoms with E-state index in [9.17, 15) is 9.59 Å². The Morgan fingerprint density at radius 2 is 2.00 bits per heavy atom. The van der Waals surface area contributed by atoms with Crippen molar-refractivity contribution >= 4 is 28.3 Å². The number of carbonyl (C=O) groups is 2. The Kier molecular flexibility index (Phi) is 7.17. The molecule has 1 fully saturated rings. The smallest absolute Gasteiger partial charge is 0.251 e. The predicted octanol–water partition coefficient (Wildman–Crippen LogP) is 3.44.